The van der Waals surface area contributed by atoms with Gasteiger partial charge >= 0.3 is 0 Å². The molecule has 5 rings (SSSR count). The summed E-state index contributed by atoms with van der Waals surface area (Å²) in [5.41, 5.74) is 0.646. The molecule has 0 aromatic carbocycles. The van der Waals surface area contributed by atoms with Crippen LogP contribution in [-0.4, -0.2) is 55.9 Å². The summed E-state index contributed by atoms with van der Waals surface area (Å²) < 4.78 is 30.6. The Balaban J connectivity index is 1.34. The summed E-state index contributed by atoms with van der Waals surface area (Å²) >= 11 is 0. The van der Waals surface area contributed by atoms with Gasteiger partial charge in [0.1, 0.15) is 5.65 Å². The largest absolute Gasteiger partial charge is 0.351 e. The Bertz CT molecular complexity index is 1370. The van der Waals surface area contributed by atoms with Crippen molar-refractivity contribution in [2.24, 2.45) is 12.5 Å². The van der Waals surface area contributed by atoms with Crippen molar-refractivity contribution in [2.45, 2.75) is 63.1 Å². The fourth-order valence-electron chi connectivity index (χ4n) is 5.27. The molecule has 1 atom stereocenters. The third-order valence-corrected chi connectivity index (χ3v) is 9.04. The maximum absolute atomic E-state index is 12.9. The van der Waals surface area contributed by atoms with Gasteiger partial charge in [-0.05, 0) is 37.2 Å². The van der Waals surface area contributed by atoms with Gasteiger partial charge in [-0.25, -0.2) is 18.4 Å². The first-order valence-corrected chi connectivity index (χ1v) is 13.2. The minimum absolute atomic E-state index is 0.0303. The van der Waals surface area contributed by atoms with Crippen LogP contribution in [0.5, 0.6) is 0 Å². The fraction of sp³-hybridized carbons (Fsp3) is 0.565. The number of hydrogen-bond acceptors (Lipinski definition) is 7. The van der Waals surface area contributed by atoms with Crippen molar-refractivity contribution >= 4 is 27.0 Å². The van der Waals surface area contributed by atoms with Crippen LogP contribution >= 0.6 is 0 Å². The predicted octanol–water partition coefficient (Wildman–Crippen LogP) is 2.54. The second kappa shape index (κ2) is 8.46. The average molecular weight is 486 g/mol. The van der Waals surface area contributed by atoms with Crippen LogP contribution in [0.15, 0.2) is 40.7 Å². The number of aromatic nitrogens is 5. The van der Waals surface area contributed by atoms with Crippen molar-refractivity contribution in [2.75, 3.05) is 18.4 Å². The van der Waals surface area contributed by atoms with Gasteiger partial charge in [-0.2, -0.15) is 9.29 Å². The van der Waals surface area contributed by atoms with Crippen molar-refractivity contribution in [1.82, 2.24) is 28.4 Å². The highest BCUT2D eigenvalue weighted by molar-refractivity contribution is 7.89. The van der Waals surface area contributed by atoms with E-state index in [0.717, 1.165) is 24.6 Å². The summed E-state index contributed by atoms with van der Waals surface area (Å²) in [5, 5.41) is 4.28. The van der Waals surface area contributed by atoms with E-state index in [2.05, 4.69) is 29.1 Å². The molecule has 1 saturated heterocycles. The monoisotopic (exact) mass is 485 g/mol. The van der Waals surface area contributed by atoms with Crippen LogP contribution in [0.25, 0.3) is 11.0 Å². The lowest BCUT2D eigenvalue weighted by Crippen LogP contribution is -2.42. The van der Waals surface area contributed by atoms with E-state index in [9.17, 15) is 13.2 Å². The lowest BCUT2D eigenvalue weighted by atomic mass is 9.87. The fourth-order valence-corrected chi connectivity index (χ4v) is 6.71. The highest BCUT2D eigenvalue weighted by atomic mass is 32.2. The molecule has 0 radical (unpaired) electrons. The predicted molar refractivity (Wildman–Crippen MR) is 129 cm³/mol. The van der Waals surface area contributed by atoms with E-state index in [1.54, 1.807) is 29.9 Å². The van der Waals surface area contributed by atoms with Gasteiger partial charge in [0, 0.05) is 56.1 Å². The van der Waals surface area contributed by atoms with E-state index in [4.69, 9.17) is 4.98 Å². The van der Waals surface area contributed by atoms with Gasteiger partial charge in [0.2, 0.25) is 5.95 Å². The zero-order chi connectivity index (χ0) is 24.1. The summed E-state index contributed by atoms with van der Waals surface area (Å²) in [5.74, 6) is 0.466. The summed E-state index contributed by atoms with van der Waals surface area (Å²) in [4.78, 5) is 26.1. The third-order valence-electron chi connectivity index (χ3n) is 7.25. The van der Waals surface area contributed by atoms with Crippen LogP contribution in [0, 0.1) is 5.41 Å². The molecule has 4 heterocycles. The minimum Gasteiger partial charge on any atom is -0.351 e. The SMILES string of the molecule is Cn1cnc(S(=O)(=O)N2CCC(Nc3ncc4ccc(=O)n([C@@H]5CCCC5(C)C)c4n3)CC2)c1. The molecule has 1 aliphatic carbocycles. The molecule has 3 aromatic rings. The molecule has 0 bridgehead atoms. The first-order valence-electron chi connectivity index (χ1n) is 11.8. The Morgan fingerprint density at radius 2 is 1.88 bits per heavy atom. The van der Waals surface area contributed by atoms with Crippen LogP contribution in [-0.2, 0) is 17.1 Å². The van der Waals surface area contributed by atoms with Gasteiger partial charge in [0.15, 0.2) is 5.03 Å². The van der Waals surface area contributed by atoms with Gasteiger partial charge < -0.3 is 9.88 Å². The average Bonchev–Trinajstić information content (AvgIpc) is 3.39. The molecule has 1 N–H and O–H groups in total. The number of aryl methyl sites for hydroxylation is 1. The van der Waals surface area contributed by atoms with Crippen LogP contribution in [0.4, 0.5) is 5.95 Å². The number of nitrogens with zero attached hydrogens (tertiary/aromatic N) is 6. The zero-order valence-electron chi connectivity index (χ0n) is 19.8. The van der Waals surface area contributed by atoms with Crippen molar-refractivity contribution in [3.63, 3.8) is 0 Å². The first kappa shape index (κ1) is 23.0. The lowest BCUT2D eigenvalue weighted by Gasteiger charge is -2.31. The number of anilines is 1. The van der Waals surface area contributed by atoms with Gasteiger partial charge in [-0.15, -0.1) is 0 Å². The minimum atomic E-state index is -3.59. The molecule has 0 amide bonds. The Labute approximate surface area is 199 Å². The molecule has 1 saturated carbocycles. The van der Waals surface area contributed by atoms with E-state index >= 15 is 0 Å². The normalized spacial score (nSPS) is 21.8. The Morgan fingerprint density at radius 1 is 1.12 bits per heavy atom. The number of rotatable bonds is 5. The van der Waals surface area contributed by atoms with E-state index in [1.165, 1.54) is 16.8 Å². The maximum Gasteiger partial charge on any atom is 0.262 e. The molecule has 10 nitrogen and oxygen atoms in total. The molecule has 0 spiro atoms. The molecule has 0 unspecified atom stereocenters. The third kappa shape index (κ3) is 4.11. The number of hydrogen-bond donors (Lipinski definition) is 1. The molecule has 1 aliphatic heterocycles. The van der Waals surface area contributed by atoms with Gasteiger partial charge in [0.25, 0.3) is 15.6 Å². The highest BCUT2D eigenvalue weighted by Crippen LogP contribution is 2.45. The van der Waals surface area contributed by atoms with Crippen molar-refractivity contribution in [3.8, 4) is 0 Å². The van der Waals surface area contributed by atoms with Crippen molar-refractivity contribution in [1.29, 1.82) is 0 Å². The maximum atomic E-state index is 12.9. The molecule has 3 aromatic heterocycles. The summed E-state index contributed by atoms with van der Waals surface area (Å²) in [6.07, 6.45) is 9.16. The number of nitrogens with one attached hydrogen (secondary N) is 1. The quantitative estimate of drug-likeness (QED) is 0.590. The standard InChI is InChI=1S/C23H31N7O3S/c1-23(2)10-4-5-18(23)30-20(31)7-6-16-13-24-22(27-21(16)30)26-17-8-11-29(12-9-17)34(32,33)19-14-28(3)15-25-19/h6-7,13-15,17-18H,4-5,8-12H2,1-3H3,(H,24,26,27)/t18-/m1/s1. The molecule has 2 fully saturated rings. The molecule has 182 valence electrons. The summed E-state index contributed by atoms with van der Waals surface area (Å²) in [6.45, 7) is 5.21. The van der Waals surface area contributed by atoms with E-state index < -0.39 is 10.0 Å². The second-order valence-electron chi connectivity index (χ2n) is 10.1. The number of piperidine rings is 1. The molecular formula is C23H31N7O3S. The molecular weight excluding hydrogens is 454 g/mol. The Kier molecular flexibility index (Phi) is 5.71. The van der Waals surface area contributed by atoms with E-state index in [-0.39, 0.29) is 28.1 Å². The molecule has 2 aliphatic rings. The number of pyridine rings is 1. The number of imidazole rings is 1. The molecule has 34 heavy (non-hydrogen) atoms. The smallest absolute Gasteiger partial charge is 0.262 e. The van der Waals surface area contributed by atoms with Crippen LogP contribution in [0.3, 0.4) is 0 Å². The van der Waals surface area contributed by atoms with Crippen LogP contribution in [0.2, 0.25) is 0 Å². The molecule has 11 heteroatoms. The number of fused-ring (bicyclic) bond motifs is 1. The van der Waals surface area contributed by atoms with Crippen LogP contribution in [0.1, 0.15) is 52.0 Å². The lowest BCUT2D eigenvalue weighted by molar-refractivity contribution is 0.260. The van der Waals surface area contributed by atoms with Gasteiger partial charge in [-0.3, -0.25) is 9.36 Å². The summed E-state index contributed by atoms with van der Waals surface area (Å²) in [6, 6.07) is 3.53. The van der Waals surface area contributed by atoms with Gasteiger partial charge in [0.05, 0.1) is 6.33 Å². The van der Waals surface area contributed by atoms with Crippen molar-refractivity contribution < 1.29 is 8.42 Å². The summed E-state index contributed by atoms with van der Waals surface area (Å²) in [7, 11) is -1.84. The highest BCUT2D eigenvalue weighted by Gasteiger charge is 2.37. The zero-order valence-corrected chi connectivity index (χ0v) is 20.6. The Hall–Kier alpha value is -2.79. The topological polar surface area (TPSA) is 115 Å². The number of sulfonamides is 1. The van der Waals surface area contributed by atoms with E-state index in [0.29, 0.717) is 37.5 Å². The second-order valence-corrected chi connectivity index (χ2v) is 12.0. The van der Waals surface area contributed by atoms with Crippen molar-refractivity contribution in [3.05, 3.63) is 41.2 Å². The van der Waals surface area contributed by atoms with Crippen LogP contribution < -0.4 is 10.9 Å². The Morgan fingerprint density at radius 3 is 2.53 bits per heavy atom. The van der Waals surface area contributed by atoms with E-state index in [1.807, 2.05) is 4.57 Å². The van der Waals surface area contributed by atoms with Gasteiger partial charge in [-0.1, -0.05) is 20.3 Å². The first-order chi connectivity index (χ1) is 16.1.